The van der Waals surface area contributed by atoms with Gasteiger partial charge in [0.1, 0.15) is 11.4 Å². The molecule has 132 valence electrons. The van der Waals surface area contributed by atoms with Gasteiger partial charge in [-0.1, -0.05) is 12.1 Å². The van der Waals surface area contributed by atoms with E-state index in [0.29, 0.717) is 17.8 Å². The number of β-amino-alcohol motifs (C(OH)–C–C–N with tert-alkyl or cyclic N) is 1. The monoisotopic (exact) mass is 341 g/mol. The third-order valence-electron chi connectivity index (χ3n) is 4.70. The smallest absolute Gasteiger partial charge is 0.274 e. The Balaban J connectivity index is 1.96. The zero-order chi connectivity index (χ0) is 18.1. The van der Waals surface area contributed by atoms with Crippen LogP contribution in [0.2, 0.25) is 0 Å². The van der Waals surface area contributed by atoms with Crippen molar-refractivity contribution in [1.82, 2.24) is 14.9 Å². The molecule has 1 aliphatic heterocycles. The molecule has 2 atom stereocenters. The van der Waals surface area contributed by atoms with E-state index in [2.05, 4.69) is 9.97 Å². The third kappa shape index (κ3) is 3.35. The summed E-state index contributed by atoms with van der Waals surface area (Å²) in [5.74, 6) is 0.533. The predicted molar refractivity (Wildman–Crippen MR) is 93.6 cm³/mol. The van der Waals surface area contributed by atoms with Gasteiger partial charge in [0.2, 0.25) is 0 Å². The van der Waals surface area contributed by atoms with E-state index in [-0.39, 0.29) is 18.5 Å². The summed E-state index contributed by atoms with van der Waals surface area (Å²) in [6.45, 7) is 5.80. The summed E-state index contributed by atoms with van der Waals surface area (Å²) in [5.41, 5.74) is 3.47. The highest BCUT2D eigenvalue weighted by molar-refractivity contribution is 5.94. The summed E-state index contributed by atoms with van der Waals surface area (Å²) in [6.07, 6.45) is -0.0593. The van der Waals surface area contributed by atoms with Gasteiger partial charge >= 0.3 is 0 Å². The molecule has 1 amide bonds. The van der Waals surface area contributed by atoms with Crippen molar-refractivity contribution in [2.45, 2.75) is 39.3 Å². The minimum absolute atomic E-state index is 0.197. The van der Waals surface area contributed by atoms with Crippen LogP contribution in [0.3, 0.4) is 0 Å². The van der Waals surface area contributed by atoms with E-state index in [9.17, 15) is 9.90 Å². The summed E-state index contributed by atoms with van der Waals surface area (Å²) in [5, 5.41) is 10.2. The van der Waals surface area contributed by atoms with Crippen molar-refractivity contribution in [3.05, 3.63) is 52.6 Å². The Bertz CT molecular complexity index is 806. The van der Waals surface area contributed by atoms with Crippen LogP contribution in [-0.2, 0) is 0 Å². The van der Waals surface area contributed by atoms with Crippen LogP contribution in [0.1, 0.15) is 45.6 Å². The van der Waals surface area contributed by atoms with Gasteiger partial charge < -0.3 is 14.7 Å². The molecule has 6 heteroatoms. The highest BCUT2D eigenvalue weighted by atomic mass is 16.5. The number of rotatable bonds is 3. The number of hydrogen-bond donors (Lipinski definition) is 1. The minimum Gasteiger partial charge on any atom is -0.497 e. The Kier molecular flexibility index (Phi) is 4.72. The molecule has 3 rings (SSSR count). The molecule has 1 saturated heterocycles. The summed E-state index contributed by atoms with van der Waals surface area (Å²) >= 11 is 0. The third-order valence-corrected chi connectivity index (χ3v) is 4.70. The summed E-state index contributed by atoms with van der Waals surface area (Å²) in [7, 11) is 1.61. The summed E-state index contributed by atoms with van der Waals surface area (Å²) in [6, 6.07) is 7.40. The standard InChI is InChI=1S/C19H23N3O3/c1-11-12(2)21-18(13(3)20-11)19(24)22-10-15(23)9-17(22)14-6-5-7-16(8-14)25-4/h5-8,15,17,23H,9-10H2,1-4H3/t15-,17-/m0/s1. The Labute approximate surface area is 147 Å². The van der Waals surface area contributed by atoms with E-state index in [1.165, 1.54) is 0 Å². The largest absolute Gasteiger partial charge is 0.497 e. The van der Waals surface area contributed by atoms with Crippen LogP contribution in [0.25, 0.3) is 0 Å². The lowest BCUT2D eigenvalue weighted by atomic mass is 10.0. The van der Waals surface area contributed by atoms with Crippen molar-refractivity contribution < 1.29 is 14.6 Å². The molecular weight excluding hydrogens is 318 g/mol. The molecule has 1 aromatic heterocycles. The van der Waals surface area contributed by atoms with E-state index in [1.807, 2.05) is 38.1 Å². The van der Waals surface area contributed by atoms with Gasteiger partial charge in [0.05, 0.1) is 36.3 Å². The number of hydrogen-bond acceptors (Lipinski definition) is 5. The van der Waals surface area contributed by atoms with Crippen molar-refractivity contribution in [3.63, 3.8) is 0 Å². The van der Waals surface area contributed by atoms with Crippen LogP contribution in [-0.4, -0.2) is 45.6 Å². The van der Waals surface area contributed by atoms with Crippen molar-refractivity contribution in [2.75, 3.05) is 13.7 Å². The van der Waals surface area contributed by atoms with Crippen LogP contribution < -0.4 is 4.74 Å². The number of aliphatic hydroxyl groups is 1. The van der Waals surface area contributed by atoms with Gasteiger partial charge in [-0.15, -0.1) is 0 Å². The van der Waals surface area contributed by atoms with Gasteiger partial charge in [-0.05, 0) is 44.9 Å². The Morgan fingerprint density at radius 2 is 1.92 bits per heavy atom. The Morgan fingerprint density at radius 1 is 1.20 bits per heavy atom. The number of aromatic nitrogens is 2. The number of likely N-dealkylation sites (tertiary alicyclic amines) is 1. The van der Waals surface area contributed by atoms with Crippen molar-refractivity contribution in [1.29, 1.82) is 0 Å². The van der Waals surface area contributed by atoms with E-state index < -0.39 is 6.10 Å². The molecule has 0 saturated carbocycles. The first kappa shape index (κ1) is 17.4. The van der Waals surface area contributed by atoms with Gasteiger partial charge in [-0.2, -0.15) is 0 Å². The normalized spacial score (nSPS) is 20.0. The highest BCUT2D eigenvalue weighted by Crippen LogP contribution is 2.34. The summed E-state index contributed by atoms with van der Waals surface area (Å²) < 4.78 is 5.28. The molecule has 1 fully saturated rings. The van der Waals surface area contributed by atoms with Gasteiger partial charge in [-0.25, -0.2) is 4.98 Å². The number of amides is 1. The molecular formula is C19H23N3O3. The molecule has 25 heavy (non-hydrogen) atoms. The lowest BCUT2D eigenvalue weighted by Gasteiger charge is -2.25. The molecule has 0 bridgehead atoms. The molecule has 0 spiro atoms. The molecule has 1 N–H and O–H groups in total. The van der Waals surface area contributed by atoms with Crippen LogP contribution in [0.5, 0.6) is 5.75 Å². The van der Waals surface area contributed by atoms with Crippen LogP contribution in [0.4, 0.5) is 0 Å². The second kappa shape index (κ2) is 6.80. The van der Waals surface area contributed by atoms with Crippen LogP contribution >= 0.6 is 0 Å². The van der Waals surface area contributed by atoms with E-state index in [4.69, 9.17) is 4.74 Å². The average molecular weight is 341 g/mol. The quantitative estimate of drug-likeness (QED) is 0.927. The first-order valence-corrected chi connectivity index (χ1v) is 8.35. The van der Waals surface area contributed by atoms with E-state index in [0.717, 1.165) is 22.7 Å². The van der Waals surface area contributed by atoms with Gasteiger partial charge in [0.15, 0.2) is 0 Å². The first-order chi connectivity index (χ1) is 11.9. The van der Waals surface area contributed by atoms with E-state index in [1.54, 1.807) is 18.9 Å². The SMILES string of the molecule is COc1cccc([C@@H]2C[C@H](O)CN2C(=O)c2nc(C)c(C)nc2C)c1. The first-order valence-electron chi connectivity index (χ1n) is 8.35. The predicted octanol–water partition coefficient (Wildman–Crippen LogP) is 2.36. The van der Waals surface area contributed by atoms with Crippen molar-refractivity contribution in [2.24, 2.45) is 0 Å². The van der Waals surface area contributed by atoms with Gasteiger partial charge in [0, 0.05) is 6.54 Å². The number of benzene rings is 1. The second-order valence-electron chi connectivity index (χ2n) is 6.47. The topological polar surface area (TPSA) is 75.6 Å². The van der Waals surface area contributed by atoms with Crippen LogP contribution in [0.15, 0.2) is 24.3 Å². The van der Waals surface area contributed by atoms with Crippen molar-refractivity contribution in [3.8, 4) is 5.75 Å². The molecule has 1 aliphatic rings. The fourth-order valence-electron chi connectivity index (χ4n) is 3.26. The number of methoxy groups -OCH3 is 1. The fourth-order valence-corrected chi connectivity index (χ4v) is 3.26. The number of carbonyl (C=O) groups is 1. The maximum Gasteiger partial charge on any atom is 0.274 e. The summed E-state index contributed by atoms with van der Waals surface area (Å²) in [4.78, 5) is 23.6. The molecule has 0 aliphatic carbocycles. The average Bonchev–Trinajstić information content (AvgIpc) is 2.99. The maximum atomic E-state index is 13.1. The Hall–Kier alpha value is -2.47. The number of nitrogens with zero attached hydrogens (tertiary/aromatic N) is 3. The lowest BCUT2D eigenvalue weighted by molar-refractivity contribution is 0.0708. The second-order valence-corrected chi connectivity index (χ2v) is 6.47. The zero-order valence-electron chi connectivity index (χ0n) is 15.0. The maximum absolute atomic E-state index is 13.1. The Morgan fingerprint density at radius 3 is 2.64 bits per heavy atom. The fraction of sp³-hybridized carbons (Fsp3) is 0.421. The molecule has 2 aromatic rings. The molecule has 0 unspecified atom stereocenters. The van der Waals surface area contributed by atoms with Gasteiger partial charge in [0.25, 0.3) is 5.91 Å². The van der Waals surface area contributed by atoms with Crippen molar-refractivity contribution >= 4 is 5.91 Å². The molecule has 1 aromatic carbocycles. The number of aliphatic hydroxyl groups excluding tert-OH is 1. The van der Waals surface area contributed by atoms with E-state index >= 15 is 0 Å². The number of ether oxygens (including phenoxy) is 1. The number of carbonyl (C=O) groups excluding carboxylic acids is 1. The molecule has 2 heterocycles. The number of aryl methyl sites for hydroxylation is 3. The molecule has 6 nitrogen and oxygen atoms in total. The minimum atomic E-state index is -0.556. The highest BCUT2D eigenvalue weighted by Gasteiger charge is 2.37. The van der Waals surface area contributed by atoms with Crippen LogP contribution in [0, 0.1) is 20.8 Å². The lowest BCUT2D eigenvalue weighted by Crippen LogP contribution is -2.33. The van der Waals surface area contributed by atoms with Gasteiger partial charge in [-0.3, -0.25) is 9.78 Å². The molecule has 0 radical (unpaired) electrons. The zero-order valence-corrected chi connectivity index (χ0v) is 15.0.